The minimum absolute atomic E-state index is 0.555. The predicted octanol–water partition coefficient (Wildman–Crippen LogP) is 1.35. The maximum absolute atomic E-state index is 5.48. The fraction of sp³-hybridized carbons (Fsp3) is 0.750. The summed E-state index contributed by atoms with van der Waals surface area (Å²) >= 11 is 1.46. The molecule has 2 N–H and O–H groups in total. The fourth-order valence-electron chi connectivity index (χ4n) is 1.07. The van der Waals surface area contributed by atoms with Gasteiger partial charge in [-0.15, -0.1) is 10.2 Å². The summed E-state index contributed by atoms with van der Waals surface area (Å²) in [5.74, 6) is 0. The smallest absolute Gasteiger partial charge is 0.203 e. The summed E-state index contributed by atoms with van der Waals surface area (Å²) in [6.45, 7) is 4.15. The van der Waals surface area contributed by atoms with E-state index in [1.165, 1.54) is 24.2 Å². The Morgan fingerprint density at radius 3 is 2.77 bits per heavy atom. The van der Waals surface area contributed by atoms with E-state index in [0.717, 1.165) is 18.1 Å². The largest absolute Gasteiger partial charge is 0.374 e. The highest BCUT2D eigenvalue weighted by Gasteiger charge is 2.04. The van der Waals surface area contributed by atoms with Crippen molar-refractivity contribution in [3.05, 3.63) is 5.01 Å². The van der Waals surface area contributed by atoms with E-state index in [4.69, 9.17) is 5.73 Å². The lowest BCUT2D eigenvalue weighted by molar-refractivity contribution is 0.319. The van der Waals surface area contributed by atoms with Gasteiger partial charge in [0.2, 0.25) is 5.13 Å². The highest BCUT2D eigenvalue weighted by molar-refractivity contribution is 7.15. The number of hydrogen-bond acceptors (Lipinski definition) is 5. The van der Waals surface area contributed by atoms with Crippen LogP contribution >= 0.6 is 11.3 Å². The molecule has 5 heteroatoms. The molecule has 74 valence electrons. The second-order valence-corrected chi connectivity index (χ2v) is 4.22. The first-order chi connectivity index (χ1) is 6.22. The van der Waals surface area contributed by atoms with E-state index < -0.39 is 0 Å². The third-order valence-corrected chi connectivity index (χ3v) is 2.52. The van der Waals surface area contributed by atoms with Crippen LogP contribution in [0.3, 0.4) is 0 Å². The van der Waals surface area contributed by atoms with Crippen molar-refractivity contribution in [1.29, 1.82) is 0 Å². The van der Waals surface area contributed by atoms with Gasteiger partial charge in [0.15, 0.2) is 0 Å². The Morgan fingerprint density at radius 1 is 1.46 bits per heavy atom. The summed E-state index contributed by atoms with van der Waals surface area (Å²) in [7, 11) is 2.09. The van der Waals surface area contributed by atoms with Gasteiger partial charge in [0.05, 0.1) is 6.54 Å². The highest BCUT2D eigenvalue weighted by atomic mass is 32.1. The molecule has 0 fully saturated rings. The summed E-state index contributed by atoms with van der Waals surface area (Å²) in [6, 6.07) is 0. The summed E-state index contributed by atoms with van der Waals surface area (Å²) in [4.78, 5) is 2.24. The average molecular weight is 200 g/mol. The standard InChI is InChI=1S/C8H16N4S/c1-3-4-5-12(2)6-7-10-11-8(9)13-7/h3-6H2,1-2H3,(H2,9,11). The van der Waals surface area contributed by atoms with Crippen molar-refractivity contribution in [3.8, 4) is 0 Å². The minimum atomic E-state index is 0.555. The number of nitrogens with two attached hydrogens (primary N) is 1. The number of rotatable bonds is 5. The number of nitrogen functional groups attached to an aromatic ring is 1. The van der Waals surface area contributed by atoms with E-state index >= 15 is 0 Å². The maximum Gasteiger partial charge on any atom is 0.203 e. The number of hydrogen-bond donors (Lipinski definition) is 1. The van der Waals surface area contributed by atoms with Gasteiger partial charge in [-0.25, -0.2) is 0 Å². The number of anilines is 1. The van der Waals surface area contributed by atoms with Gasteiger partial charge in [-0.05, 0) is 20.0 Å². The molecule has 0 radical (unpaired) electrons. The van der Waals surface area contributed by atoms with Gasteiger partial charge in [0.25, 0.3) is 0 Å². The Hall–Kier alpha value is -0.680. The Morgan fingerprint density at radius 2 is 2.23 bits per heavy atom. The van der Waals surface area contributed by atoms with Gasteiger partial charge in [-0.3, -0.25) is 4.90 Å². The third-order valence-electron chi connectivity index (χ3n) is 1.78. The van der Waals surface area contributed by atoms with Crippen LogP contribution in [0.15, 0.2) is 0 Å². The summed E-state index contributed by atoms with van der Waals surface area (Å²) in [6.07, 6.45) is 2.45. The molecule has 1 aromatic rings. The van der Waals surface area contributed by atoms with Crippen LogP contribution in [-0.4, -0.2) is 28.7 Å². The molecule has 1 rings (SSSR count). The summed E-state index contributed by atoms with van der Waals surface area (Å²) in [5.41, 5.74) is 5.48. The van der Waals surface area contributed by atoms with Crippen LogP contribution < -0.4 is 5.73 Å². The van der Waals surface area contributed by atoms with Crippen molar-refractivity contribution in [2.75, 3.05) is 19.3 Å². The second kappa shape index (κ2) is 5.14. The lowest BCUT2D eigenvalue weighted by Crippen LogP contribution is -2.18. The number of aromatic nitrogens is 2. The van der Waals surface area contributed by atoms with E-state index in [1.807, 2.05) is 0 Å². The van der Waals surface area contributed by atoms with Crippen molar-refractivity contribution in [2.45, 2.75) is 26.3 Å². The van der Waals surface area contributed by atoms with Crippen LogP contribution in [0, 0.1) is 0 Å². The SMILES string of the molecule is CCCCN(C)Cc1nnc(N)s1. The molecule has 1 heterocycles. The first-order valence-corrected chi connectivity index (χ1v) is 5.30. The van der Waals surface area contributed by atoms with Crippen LogP contribution in [0.4, 0.5) is 5.13 Å². The van der Waals surface area contributed by atoms with Crippen molar-refractivity contribution in [2.24, 2.45) is 0 Å². The van der Waals surface area contributed by atoms with Gasteiger partial charge in [-0.1, -0.05) is 24.7 Å². The van der Waals surface area contributed by atoms with Crippen LogP contribution in [-0.2, 0) is 6.54 Å². The summed E-state index contributed by atoms with van der Waals surface area (Å²) < 4.78 is 0. The Kier molecular flexibility index (Phi) is 4.11. The number of unbranched alkanes of at least 4 members (excludes halogenated alkanes) is 1. The maximum atomic E-state index is 5.48. The molecule has 0 spiro atoms. The molecular weight excluding hydrogens is 184 g/mol. The van der Waals surface area contributed by atoms with Crippen LogP contribution in [0.1, 0.15) is 24.8 Å². The molecule has 1 aromatic heterocycles. The first kappa shape index (κ1) is 10.4. The zero-order valence-corrected chi connectivity index (χ0v) is 8.97. The monoisotopic (exact) mass is 200 g/mol. The molecule has 0 saturated carbocycles. The van der Waals surface area contributed by atoms with Crippen molar-refractivity contribution < 1.29 is 0 Å². The van der Waals surface area contributed by atoms with E-state index in [2.05, 4.69) is 29.1 Å². The van der Waals surface area contributed by atoms with Gasteiger partial charge in [0, 0.05) is 0 Å². The molecule has 0 atom stereocenters. The molecule has 0 bridgehead atoms. The van der Waals surface area contributed by atoms with Crippen molar-refractivity contribution in [3.63, 3.8) is 0 Å². The van der Waals surface area contributed by atoms with Crippen LogP contribution in [0.25, 0.3) is 0 Å². The zero-order valence-electron chi connectivity index (χ0n) is 8.16. The fourth-order valence-corrected chi connectivity index (χ4v) is 1.76. The molecule has 4 nitrogen and oxygen atoms in total. The van der Waals surface area contributed by atoms with Gasteiger partial charge in [0.1, 0.15) is 5.01 Å². The van der Waals surface area contributed by atoms with Gasteiger partial charge < -0.3 is 5.73 Å². The second-order valence-electron chi connectivity index (χ2n) is 3.13. The molecule has 13 heavy (non-hydrogen) atoms. The molecule has 0 aliphatic carbocycles. The lowest BCUT2D eigenvalue weighted by atomic mass is 10.3. The minimum Gasteiger partial charge on any atom is -0.374 e. The molecule has 0 amide bonds. The van der Waals surface area contributed by atoms with Crippen LogP contribution in [0.2, 0.25) is 0 Å². The molecule has 0 aromatic carbocycles. The Labute approximate surface area is 82.8 Å². The third kappa shape index (κ3) is 3.69. The van der Waals surface area contributed by atoms with Gasteiger partial charge in [-0.2, -0.15) is 0 Å². The van der Waals surface area contributed by atoms with Crippen molar-refractivity contribution >= 4 is 16.5 Å². The first-order valence-electron chi connectivity index (χ1n) is 4.48. The average Bonchev–Trinajstić information content (AvgIpc) is 2.48. The topological polar surface area (TPSA) is 55.0 Å². The molecule has 0 aliphatic heterocycles. The van der Waals surface area contributed by atoms with E-state index in [9.17, 15) is 0 Å². The summed E-state index contributed by atoms with van der Waals surface area (Å²) in [5, 5.41) is 9.29. The quantitative estimate of drug-likeness (QED) is 0.779. The Balaban J connectivity index is 2.31. The normalized spacial score (nSPS) is 11.0. The number of nitrogens with zero attached hydrogens (tertiary/aromatic N) is 3. The van der Waals surface area contributed by atoms with Crippen molar-refractivity contribution in [1.82, 2.24) is 15.1 Å². The molecule has 0 aliphatic rings. The molecule has 0 saturated heterocycles. The predicted molar refractivity (Wildman–Crippen MR) is 55.6 cm³/mol. The molecular formula is C8H16N4S. The van der Waals surface area contributed by atoms with Crippen LogP contribution in [0.5, 0.6) is 0 Å². The Bertz CT molecular complexity index is 248. The van der Waals surface area contributed by atoms with E-state index in [1.54, 1.807) is 0 Å². The van der Waals surface area contributed by atoms with E-state index in [0.29, 0.717) is 5.13 Å². The van der Waals surface area contributed by atoms with Gasteiger partial charge >= 0.3 is 0 Å². The zero-order chi connectivity index (χ0) is 9.68. The highest BCUT2D eigenvalue weighted by Crippen LogP contribution is 2.12. The molecule has 0 unspecified atom stereocenters. The van der Waals surface area contributed by atoms with E-state index in [-0.39, 0.29) is 0 Å². The lowest BCUT2D eigenvalue weighted by Gasteiger charge is -2.13.